The predicted octanol–water partition coefficient (Wildman–Crippen LogP) is 2.05. The van der Waals surface area contributed by atoms with Gasteiger partial charge in [-0.1, -0.05) is 17.3 Å². The summed E-state index contributed by atoms with van der Waals surface area (Å²) in [4.78, 5) is 6.51. The van der Waals surface area contributed by atoms with Crippen molar-refractivity contribution in [3.8, 4) is 0 Å². The molecule has 1 N–H and O–H groups in total. The molecule has 1 aliphatic rings. The number of hydrogen-bond acceptors (Lipinski definition) is 5. The fourth-order valence-corrected chi connectivity index (χ4v) is 2.68. The first kappa shape index (κ1) is 13.1. The molecule has 0 bridgehead atoms. The zero-order valence-corrected chi connectivity index (χ0v) is 12.0. The largest absolute Gasteiger partial charge is 0.374 e. The molecule has 0 fully saturated rings. The van der Waals surface area contributed by atoms with Crippen LogP contribution >= 0.6 is 0 Å². The third-order valence-corrected chi connectivity index (χ3v) is 3.68. The number of benzene rings is 1. The van der Waals surface area contributed by atoms with Crippen LogP contribution in [0.2, 0.25) is 0 Å². The molecule has 0 amide bonds. The molecule has 2 heterocycles. The van der Waals surface area contributed by atoms with E-state index in [-0.39, 0.29) is 0 Å². The minimum absolute atomic E-state index is 0.610. The normalized spacial score (nSPS) is 14.4. The van der Waals surface area contributed by atoms with Gasteiger partial charge < -0.3 is 14.7 Å². The lowest BCUT2D eigenvalue weighted by atomic mass is 9.99. The molecule has 5 nitrogen and oxygen atoms in total. The quantitative estimate of drug-likeness (QED) is 0.923. The van der Waals surface area contributed by atoms with E-state index in [1.165, 1.54) is 29.7 Å². The predicted molar refractivity (Wildman–Crippen MR) is 77.6 cm³/mol. The van der Waals surface area contributed by atoms with Gasteiger partial charge in [-0.15, -0.1) is 0 Å². The summed E-state index contributed by atoms with van der Waals surface area (Å²) in [6, 6.07) is 6.72. The molecular weight excluding hydrogens is 252 g/mol. The van der Waals surface area contributed by atoms with Crippen molar-refractivity contribution < 1.29 is 4.52 Å². The Balaban J connectivity index is 1.60. The molecule has 0 radical (unpaired) electrons. The fourth-order valence-electron chi connectivity index (χ4n) is 2.68. The smallest absolute Gasteiger partial charge is 0.223 e. The Hall–Kier alpha value is -1.88. The van der Waals surface area contributed by atoms with E-state index in [0.29, 0.717) is 18.3 Å². The van der Waals surface area contributed by atoms with Crippen molar-refractivity contribution in [2.75, 3.05) is 18.5 Å². The van der Waals surface area contributed by atoms with Gasteiger partial charge in [-0.3, -0.25) is 0 Å². The number of aryl methyl sites for hydroxylation is 2. The van der Waals surface area contributed by atoms with Crippen molar-refractivity contribution in [2.45, 2.75) is 32.9 Å². The molecule has 20 heavy (non-hydrogen) atoms. The summed E-state index contributed by atoms with van der Waals surface area (Å²) < 4.78 is 4.95. The summed E-state index contributed by atoms with van der Waals surface area (Å²) >= 11 is 0. The second kappa shape index (κ2) is 5.63. The highest BCUT2D eigenvalue weighted by Crippen LogP contribution is 2.26. The van der Waals surface area contributed by atoms with Gasteiger partial charge in [0.15, 0.2) is 5.82 Å². The van der Waals surface area contributed by atoms with Gasteiger partial charge in [-0.25, -0.2) is 0 Å². The van der Waals surface area contributed by atoms with Gasteiger partial charge in [0.05, 0.1) is 6.54 Å². The van der Waals surface area contributed by atoms with Crippen LogP contribution in [-0.2, 0) is 19.5 Å². The van der Waals surface area contributed by atoms with Crippen molar-refractivity contribution in [2.24, 2.45) is 0 Å². The molecule has 106 valence electrons. The van der Waals surface area contributed by atoms with Crippen LogP contribution in [-0.4, -0.2) is 23.7 Å². The standard InChI is InChI=1S/C15H20N4O/c1-11-17-15(18-20-11)10-16-9-12-5-6-14-13(8-12)4-3-7-19(14)2/h5-6,8,16H,3-4,7,9-10H2,1-2H3. The van der Waals surface area contributed by atoms with Crippen LogP contribution in [0.25, 0.3) is 0 Å². The van der Waals surface area contributed by atoms with Crippen molar-refractivity contribution >= 4 is 5.69 Å². The molecule has 3 rings (SSSR count). The Labute approximate surface area is 119 Å². The average Bonchev–Trinajstić information content (AvgIpc) is 2.85. The molecule has 0 spiro atoms. The summed E-state index contributed by atoms with van der Waals surface area (Å²) in [6.07, 6.45) is 2.42. The third-order valence-electron chi connectivity index (χ3n) is 3.68. The van der Waals surface area contributed by atoms with Gasteiger partial charge in [-0.05, 0) is 30.0 Å². The lowest BCUT2D eigenvalue weighted by molar-refractivity contribution is 0.385. The second-order valence-electron chi connectivity index (χ2n) is 5.32. The molecular formula is C15H20N4O. The monoisotopic (exact) mass is 272 g/mol. The van der Waals surface area contributed by atoms with Crippen LogP contribution in [0.1, 0.15) is 29.3 Å². The molecule has 0 saturated heterocycles. The Morgan fingerprint density at radius 2 is 2.25 bits per heavy atom. The van der Waals surface area contributed by atoms with Gasteiger partial charge in [0.1, 0.15) is 0 Å². The molecule has 0 aliphatic carbocycles. The molecule has 2 aromatic rings. The highest BCUT2D eigenvalue weighted by atomic mass is 16.5. The molecule has 0 saturated carbocycles. The number of anilines is 1. The fraction of sp³-hybridized carbons (Fsp3) is 0.467. The third kappa shape index (κ3) is 2.82. The van der Waals surface area contributed by atoms with Crippen molar-refractivity contribution in [3.05, 3.63) is 41.0 Å². The zero-order valence-electron chi connectivity index (χ0n) is 12.0. The van der Waals surface area contributed by atoms with Crippen LogP contribution in [0.15, 0.2) is 22.7 Å². The average molecular weight is 272 g/mol. The van der Waals surface area contributed by atoms with E-state index in [1.54, 1.807) is 6.92 Å². The molecule has 1 aromatic heterocycles. The van der Waals surface area contributed by atoms with Crippen LogP contribution < -0.4 is 10.2 Å². The first-order valence-corrected chi connectivity index (χ1v) is 7.05. The summed E-state index contributed by atoms with van der Waals surface area (Å²) in [5.74, 6) is 1.32. The minimum atomic E-state index is 0.610. The summed E-state index contributed by atoms with van der Waals surface area (Å²) in [7, 11) is 2.16. The maximum atomic E-state index is 4.95. The molecule has 1 aromatic carbocycles. The summed E-state index contributed by atoms with van der Waals surface area (Å²) in [5, 5.41) is 7.22. The van der Waals surface area contributed by atoms with E-state index < -0.39 is 0 Å². The summed E-state index contributed by atoms with van der Waals surface area (Å²) in [5.41, 5.74) is 4.13. The van der Waals surface area contributed by atoms with E-state index in [2.05, 4.69) is 45.6 Å². The van der Waals surface area contributed by atoms with Crippen molar-refractivity contribution in [3.63, 3.8) is 0 Å². The summed E-state index contributed by atoms with van der Waals surface area (Å²) in [6.45, 7) is 4.41. The molecule has 0 unspecified atom stereocenters. The topological polar surface area (TPSA) is 54.2 Å². The zero-order chi connectivity index (χ0) is 13.9. The highest BCUT2D eigenvalue weighted by Gasteiger charge is 2.13. The van der Waals surface area contributed by atoms with E-state index in [9.17, 15) is 0 Å². The van der Waals surface area contributed by atoms with E-state index in [1.807, 2.05) is 0 Å². The van der Waals surface area contributed by atoms with Crippen molar-refractivity contribution in [1.29, 1.82) is 0 Å². The number of hydrogen-bond donors (Lipinski definition) is 1. The SMILES string of the molecule is Cc1nc(CNCc2ccc3c(c2)CCCN3C)no1. The van der Waals surface area contributed by atoms with Gasteiger partial charge in [0.2, 0.25) is 5.89 Å². The lowest BCUT2D eigenvalue weighted by Gasteiger charge is -2.27. The first-order valence-electron chi connectivity index (χ1n) is 7.05. The Kier molecular flexibility index (Phi) is 3.69. The number of rotatable bonds is 4. The van der Waals surface area contributed by atoms with Gasteiger partial charge >= 0.3 is 0 Å². The Bertz CT molecular complexity index is 593. The molecule has 0 atom stereocenters. The Morgan fingerprint density at radius 1 is 1.35 bits per heavy atom. The maximum Gasteiger partial charge on any atom is 0.223 e. The van der Waals surface area contributed by atoms with Crippen LogP contribution in [0.4, 0.5) is 5.69 Å². The van der Waals surface area contributed by atoms with Crippen molar-refractivity contribution in [1.82, 2.24) is 15.5 Å². The number of nitrogens with one attached hydrogen (secondary N) is 1. The highest BCUT2D eigenvalue weighted by molar-refractivity contribution is 5.56. The Morgan fingerprint density at radius 3 is 3.05 bits per heavy atom. The van der Waals surface area contributed by atoms with Crippen LogP contribution in [0.3, 0.4) is 0 Å². The van der Waals surface area contributed by atoms with Crippen LogP contribution in [0.5, 0.6) is 0 Å². The number of aromatic nitrogens is 2. The number of fused-ring (bicyclic) bond motifs is 1. The maximum absolute atomic E-state index is 4.95. The lowest BCUT2D eigenvalue weighted by Crippen LogP contribution is -2.24. The van der Waals surface area contributed by atoms with Gasteiger partial charge in [0.25, 0.3) is 0 Å². The van der Waals surface area contributed by atoms with Crippen LogP contribution in [0, 0.1) is 6.92 Å². The second-order valence-corrected chi connectivity index (χ2v) is 5.32. The molecule has 5 heteroatoms. The van der Waals surface area contributed by atoms with E-state index in [4.69, 9.17) is 4.52 Å². The molecule has 1 aliphatic heterocycles. The minimum Gasteiger partial charge on any atom is -0.374 e. The van der Waals surface area contributed by atoms with Gasteiger partial charge in [0, 0.05) is 32.7 Å². The van der Waals surface area contributed by atoms with E-state index >= 15 is 0 Å². The van der Waals surface area contributed by atoms with Gasteiger partial charge in [-0.2, -0.15) is 4.98 Å². The first-order chi connectivity index (χ1) is 9.72. The van der Waals surface area contributed by atoms with E-state index in [0.717, 1.165) is 13.1 Å². The number of nitrogens with zero attached hydrogens (tertiary/aromatic N) is 3.